The predicted octanol–water partition coefficient (Wildman–Crippen LogP) is 3.48. The van der Waals surface area contributed by atoms with Crippen LogP contribution in [0.4, 0.5) is 0 Å². The summed E-state index contributed by atoms with van der Waals surface area (Å²) in [5, 5.41) is 1.32. The number of halogens is 1. The van der Waals surface area contributed by atoms with Crippen LogP contribution in [0.5, 0.6) is 5.88 Å². The van der Waals surface area contributed by atoms with Gasteiger partial charge in [-0.25, -0.2) is 9.97 Å². The van der Waals surface area contributed by atoms with Gasteiger partial charge in [-0.05, 0) is 55.2 Å². The second-order valence-corrected chi connectivity index (χ2v) is 10.8. The van der Waals surface area contributed by atoms with Gasteiger partial charge < -0.3 is 14.5 Å². The molecule has 2 aliphatic rings. The third-order valence-corrected chi connectivity index (χ3v) is 8.45. The largest absolute Gasteiger partial charge is 0.481 e. The number of aromatic nitrogens is 3. The smallest absolute Gasteiger partial charge is 0.261 e. The van der Waals surface area contributed by atoms with Crippen molar-refractivity contribution in [2.24, 2.45) is 12.5 Å². The quantitative estimate of drug-likeness (QED) is 0.283. The Labute approximate surface area is 223 Å². The van der Waals surface area contributed by atoms with Gasteiger partial charge in [-0.1, -0.05) is 23.4 Å². The molecule has 2 saturated heterocycles. The van der Waals surface area contributed by atoms with Crippen molar-refractivity contribution in [3.05, 3.63) is 57.0 Å². The number of piperidine rings is 1. The first-order valence-corrected chi connectivity index (χ1v) is 13.7. The SMILES string of the molecule is COc1cc(C(=O)N2CCC3(CC2)CCN(C(=O)c2ccc4c(=O)n(C)c(SC)nc4c2)C3)cc(Cl)n1. The number of hydrogen-bond donors (Lipinski definition) is 0. The Morgan fingerprint density at radius 2 is 1.68 bits per heavy atom. The van der Waals surface area contributed by atoms with Gasteiger partial charge in [0.05, 0.1) is 18.0 Å². The number of rotatable bonds is 4. The van der Waals surface area contributed by atoms with Gasteiger partial charge in [0, 0.05) is 50.4 Å². The van der Waals surface area contributed by atoms with Crippen molar-refractivity contribution in [2.45, 2.75) is 24.4 Å². The molecular formula is C26H28ClN5O4S. The highest BCUT2D eigenvalue weighted by atomic mass is 35.5. The molecule has 194 valence electrons. The molecule has 0 unspecified atom stereocenters. The van der Waals surface area contributed by atoms with Crippen molar-refractivity contribution in [1.82, 2.24) is 24.3 Å². The minimum Gasteiger partial charge on any atom is -0.481 e. The highest BCUT2D eigenvalue weighted by molar-refractivity contribution is 7.98. The van der Waals surface area contributed by atoms with Crippen LogP contribution < -0.4 is 10.3 Å². The number of methoxy groups -OCH3 is 1. The van der Waals surface area contributed by atoms with Crippen LogP contribution in [0.2, 0.25) is 5.15 Å². The molecular weight excluding hydrogens is 514 g/mol. The van der Waals surface area contributed by atoms with Crippen LogP contribution in [-0.4, -0.2) is 75.7 Å². The van der Waals surface area contributed by atoms with Crippen molar-refractivity contribution in [1.29, 1.82) is 0 Å². The van der Waals surface area contributed by atoms with E-state index in [0.717, 1.165) is 19.3 Å². The van der Waals surface area contributed by atoms with Gasteiger partial charge in [-0.3, -0.25) is 19.0 Å². The Balaban J connectivity index is 1.27. The number of carbonyl (C=O) groups excluding carboxylic acids is 2. The zero-order chi connectivity index (χ0) is 26.3. The summed E-state index contributed by atoms with van der Waals surface area (Å²) < 4.78 is 6.66. The van der Waals surface area contributed by atoms with Crippen molar-refractivity contribution in [2.75, 3.05) is 39.5 Å². The number of amides is 2. The zero-order valence-corrected chi connectivity index (χ0v) is 22.6. The Hall–Kier alpha value is -3.11. The molecule has 2 aliphatic heterocycles. The van der Waals surface area contributed by atoms with Crippen LogP contribution in [0, 0.1) is 5.41 Å². The fourth-order valence-electron chi connectivity index (χ4n) is 5.33. The van der Waals surface area contributed by atoms with Gasteiger partial charge in [-0.15, -0.1) is 0 Å². The Morgan fingerprint density at radius 3 is 2.35 bits per heavy atom. The van der Waals surface area contributed by atoms with E-state index in [2.05, 4.69) is 9.97 Å². The first-order valence-electron chi connectivity index (χ1n) is 12.1. The molecule has 0 saturated carbocycles. The number of benzene rings is 1. The van der Waals surface area contributed by atoms with Gasteiger partial charge in [0.1, 0.15) is 5.15 Å². The topological polar surface area (TPSA) is 97.6 Å². The van der Waals surface area contributed by atoms with Crippen LogP contribution in [0.15, 0.2) is 40.3 Å². The van der Waals surface area contributed by atoms with E-state index in [1.165, 1.54) is 23.4 Å². The maximum Gasteiger partial charge on any atom is 0.261 e. The number of hydrogen-bond acceptors (Lipinski definition) is 7. The fraction of sp³-hybridized carbons (Fsp3) is 0.423. The molecule has 9 nitrogen and oxygen atoms in total. The van der Waals surface area contributed by atoms with Crippen LogP contribution in [0.1, 0.15) is 40.0 Å². The van der Waals surface area contributed by atoms with E-state index in [1.807, 2.05) is 16.1 Å². The van der Waals surface area contributed by atoms with Crippen LogP contribution in [0.25, 0.3) is 10.9 Å². The molecule has 2 amide bonds. The number of carbonyl (C=O) groups is 2. The average Bonchev–Trinajstić information content (AvgIpc) is 3.32. The summed E-state index contributed by atoms with van der Waals surface area (Å²) in [5.41, 5.74) is 1.40. The van der Waals surface area contributed by atoms with E-state index in [4.69, 9.17) is 16.3 Å². The number of nitrogens with zero attached hydrogens (tertiary/aromatic N) is 5. The lowest BCUT2D eigenvalue weighted by Gasteiger charge is -2.39. The van der Waals surface area contributed by atoms with E-state index in [0.29, 0.717) is 59.2 Å². The fourth-order valence-corrected chi connectivity index (χ4v) is 6.08. The monoisotopic (exact) mass is 541 g/mol. The molecule has 4 heterocycles. The normalized spacial score (nSPS) is 17.0. The van der Waals surface area contributed by atoms with E-state index < -0.39 is 0 Å². The van der Waals surface area contributed by atoms with Gasteiger partial charge in [0.15, 0.2) is 5.16 Å². The van der Waals surface area contributed by atoms with Gasteiger partial charge >= 0.3 is 0 Å². The second kappa shape index (κ2) is 9.98. The summed E-state index contributed by atoms with van der Waals surface area (Å²) in [5.74, 6) is 0.162. The molecule has 0 bridgehead atoms. The minimum atomic E-state index is -0.123. The van der Waals surface area contributed by atoms with Crippen LogP contribution in [0.3, 0.4) is 0 Å². The molecule has 0 atom stereocenters. The van der Waals surface area contributed by atoms with E-state index >= 15 is 0 Å². The molecule has 11 heteroatoms. The highest BCUT2D eigenvalue weighted by Gasteiger charge is 2.43. The number of likely N-dealkylation sites (tertiary alicyclic amines) is 2. The first kappa shape index (κ1) is 25.5. The maximum absolute atomic E-state index is 13.4. The van der Waals surface area contributed by atoms with E-state index in [9.17, 15) is 14.4 Å². The van der Waals surface area contributed by atoms with Gasteiger partial charge in [0.25, 0.3) is 17.4 Å². The summed E-state index contributed by atoms with van der Waals surface area (Å²) in [7, 11) is 3.19. The molecule has 0 aliphatic carbocycles. The second-order valence-electron chi connectivity index (χ2n) is 9.68. The molecule has 3 aromatic rings. The molecule has 37 heavy (non-hydrogen) atoms. The summed E-state index contributed by atoms with van der Waals surface area (Å²) in [6.07, 6.45) is 4.42. The van der Waals surface area contributed by atoms with Crippen LogP contribution >= 0.6 is 23.4 Å². The molecule has 1 spiro atoms. The van der Waals surface area contributed by atoms with E-state index in [1.54, 1.807) is 37.4 Å². The Morgan fingerprint density at radius 1 is 1.00 bits per heavy atom. The van der Waals surface area contributed by atoms with Crippen molar-refractivity contribution in [3.63, 3.8) is 0 Å². The van der Waals surface area contributed by atoms with Crippen molar-refractivity contribution >= 4 is 46.1 Å². The number of pyridine rings is 1. The standard InChI is InChI=1S/C26H28ClN5O4S/c1-30-24(35)18-5-4-16(12-19(18)28-25(30)37-3)22(33)32-11-8-26(15-32)6-9-31(10-7-26)23(34)17-13-20(27)29-21(14-17)36-2/h4-5,12-14H,6-11,15H2,1-3H3. The zero-order valence-electron chi connectivity index (χ0n) is 21.0. The number of thioether (sulfide) groups is 1. The van der Waals surface area contributed by atoms with E-state index in [-0.39, 0.29) is 27.9 Å². The number of ether oxygens (including phenoxy) is 1. The van der Waals surface area contributed by atoms with Gasteiger partial charge in [-0.2, -0.15) is 0 Å². The molecule has 0 N–H and O–H groups in total. The predicted molar refractivity (Wildman–Crippen MR) is 143 cm³/mol. The lowest BCUT2D eigenvalue weighted by atomic mass is 9.77. The molecule has 2 aromatic heterocycles. The highest BCUT2D eigenvalue weighted by Crippen LogP contribution is 2.41. The molecule has 1 aromatic carbocycles. The summed E-state index contributed by atoms with van der Waals surface area (Å²) in [6.45, 7) is 2.55. The van der Waals surface area contributed by atoms with Crippen LogP contribution in [-0.2, 0) is 7.05 Å². The Kier molecular flexibility index (Phi) is 6.89. The minimum absolute atomic E-state index is 0.00290. The van der Waals surface area contributed by atoms with Gasteiger partial charge in [0.2, 0.25) is 5.88 Å². The molecule has 5 rings (SSSR count). The summed E-state index contributed by atoms with van der Waals surface area (Å²) >= 11 is 7.44. The third kappa shape index (κ3) is 4.80. The summed E-state index contributed by atoms with van der Waals surface area (Å²) in [6, 6.07) is 8.29. The summed E-state index contributed by atoms with van der Waals surface area (Å²) in [4.78, 5) is 51.4. The van der Waals surface area contributed by atoms with Crippen molar-refractivity contribution < 1.29 is 14.3 Å². The molecule has 2 fully saturated rings. The lowest BCUT2D eigenvalue weighted by molar-refractivity contribution is 0.0565. The average molecular weight is 542 g/mol. The lowest BCUT2D eigenvalue weighted by Crippen LogP contribution is -2.44. The maximum atomic E-state index is 13.4. The van der Waals surface area contributed by atoms with Crippen molar-refractivity contribution in [3.8, 4) is 5.88 Å². The Bertz CT molecular complexity index is 1450. The molecule has 0 radical (unpaired) electrons. The number of fused-ring (bicyclic) bond motifs is 1. The third-order valence-electron chi connectivity index (χ3n) is 7.53. The first-order chi connectivity index (χ1) is 17.7.